The molecule has 1 saturated heterocycles. The first-order valence-electron chi connectivity index (χ1n) is 7.19. The number of hydrogen-bond acceptors (Lipinski definition) is 2. The summed E-state index contributed by atoms with van der Waals surface area (Å²) in [6.07, 6.45) is 2.36. The molecule has 0 bridgehead atoms. The number of nitrogens with zero attached hydrogens (tertiary/aromatic N) is 1. The molecule has 1 aliphatic carbocycles. The van der Waals surface area contributed by atoms with Crippen molar-refractivity contribution < 1.29 is 13.9 Å². The minimum atomic E-state index is -2.48. The largest absolute Gasteiger partial charge is 0.393 e. The number of piperidine rings is 1. The normalized spacial score (nSPS) is 38.0. The van der Waals surface area contributed by atoms with E-state index in [0.29, 0.717) is 31.0 Å². The van der Waals surface area contributed by atoms with Crippen LogP contribution < -0.4 is 0 Å². The van der Waals surface area contributed by atoms with Gasteiger partial charge in [-0.2, -0.15) is 0 Å². The topological polar surface area (TPSA) is 23.5 Å². The molecule has 18 heavy (non-hydrogen) atoms. The van der Waals surface area contributed by atoms with Crippen LogP contribution in [-0.2, 0) is 0 Å². The second-order valence-electron chi connectivity index (χ2n) is 6.33. The summed E-state index contributed by atoms with van der Waals surface area (Å²) in [5.41, 5.74) is 0. The smallest absolute Gasteiger partial charge is 0.250 e. The molecule has 0 radical (unpaired) electrons. The number of aliphatic hydroxyl groups excluding tert-OH is 1. The van der Waals surface area contributed by atoms with Crippen LogP contribution in [0.4, 0.5) is 8.78 Å². The average Bonchev–Trinajstić information content (AvgIpc) is 2.28. The Hall–Kier alpha value is -0.220. The maximum Gasteiger partial charge on any atom is 0.250 e. The maximum absolute atomic E-state index is 13.2. The Balaban J connectivity index is 2.00. The van der Waals surface area contributed by atoms with Gasteiger partial charge in [0.25, 0.3) is 5.92 Å². The number of likely N-dealkylation sites (tertiary alicyclic amines) is 1. The van der Waals surface area contributed by atoms with E-state index in [1.165, 1.54) is 0 Å². The van der Waals surface area contributed by atoms with E-state index in [0.717, 1.165) is 19.3 Å². The van der Waals surface area contributed by atoms with Crippen molar-refractivity contribution in [1.82, 2.24) is 4.90 Å². The summed E-state index contributed by atoms with van der Waals surface area (Å²) < 4.78 is 26.4. The Labute approximate surface area is 108 Å². The third-order valence-electron chi connectivity index (χ3n) is 4.70. The zero-order valence-corrected chi connectivity index (χ0v) is 11.4. The van der Waals surface area contributed by atoms with Gasteiger partial charge in [0.05, 0.1) is 6.10 Å². The lowest BCUT2D eigenvalue weighted by Crippen LogP contribution is -2.51. The fraction of sp³-hybridized carbons (Fsp3) is 1.00. The average molecular weight is 261 g/mol. The van der Waals surface area contributed by atoms with Crippen molar-refractivity contribution in [2.45, 2.75) is 64.0 Å². The zero-order valence-electron chi connectivity index (χ0n) is 11.4. The minimum Gasteiger partial charge on any atom is -0.393 e. The van der Waals surface area contributed by atoms with Crippen LogP contribution in [0.15, 0.2) is 0 Å². The first kappa shape index (κ1) is 14.2. The van der Waals surface area contributed by atoms with Gasteiger partial charge >= 0.3 is 0 Å². The van der Waals surface area contributed by atoms with E-state index in [2.05, 4.69) is 18.7 Å². The first-order chi connectivity index (χ1) is 8.39. The molecule has 1 N–H and O–H groups in total. The van der Waals surface area contributed by atoms with E-state index >= 15 is 0 Å². The van der Waals surface area contributed by atoms with Gasteiger partial charge in [0, 0.05) is 32.0 Å². The second-order valence-corrected chi connectivity index (χ2v) is 6.33. The van der Waals surface area contributed by atoms with Crippen LogP contribution in [0.3, 0.4) is 0 Å². The monoisotopic (exact) mass is 261 g/mol. The number of halogens is 2. The first-order valence-corrected chi connectivity index (χ1v) is 7.19. The number of rotatable bonds is 2. The second kappa shape index (κ2) is 5.41. The van der Waals surface area contributed by atoms with Crippen LogP contribution >= 0.6 is 0 Å². The van der Waals surface area contributed by atoms with Crippen molar-refractivity contribution in [1.29, 1.82) is 0 Å². The molecular weight excluding hydrogens is 236 g/mol. The molecule has 2 nitrogen and oxygen atoms in total. The lowest BCUT2D eigenvalue weighted by atomic mass is 9.75. The van der Waals surface area contributed by atoms with Gasteiger partial charge in [-0.1, -0.05) is 13.8 Å². The molecule has 0 spiro atoms. The third-order valence-corrected chi connectivity index (χ3v) is 4.70. The summed E-state index contributed by atoms with van der Waals surface area (Å²) in [5, 5.41) is 9.84. The van der Waals surface area contributed by atoms with Crippen molar-refractivity contribution in [3.63, 3.8) is 0 Å². The highest BCUT2D eigenvalue weighted by Gasteiger charge is 2.40. The van der Waals surface area contributed by atoms with Crippen LogP contribution in [0.25, 0.3) is 0 Å². The van der Waals surface area contributed by atoms with Crippen molar-refractivity contribution in [3.05, 3.63) is 0 Å². The molecular formula is C14H25F2NO. The molecule has 4 heteroatoms. The molecule has 1 aliphatic heterocycles. The van der Waals surface area contributed by atoms with Crippen LogP contribution in [0.5, 0.6) is 0 Å². The predicted octanol–water partition coefficient (Wildman–Crippen LogP) is 2.90. The van der Waals surface area contributed by atoms with E-state index in [9.17, 15) is 13.9 Å². The molecule has 2 fully saturated rings. The summed E-state index contributed by atoms with van der Waals surface area (Å²) in [4.78, 5) is 2.20. The Bertz CT molecular complexity index is 273. The molecule has 1 saturated carbocycles. The summed E-state index contributed by atoms with van der Waals surface area (Å²) in [6, 6.07) is 0.296. The lowest BCUT2D eigenvalue weighted by molar-refractivity contribution is -0.0811. The van der Waals surface area contributed by atoms with Gasteiger partial charge in [-0.15, -0.1) is 0 Å². The predicted molar refractivity (Wildman–Crippen MR) is 67.7 cm³/mol. The van der Waals surface area contributed by atoms with E-state index in [4.69, 9.17) is 0 Å². The van der Waals surface area contributed by atoms with Gasteiger partial charge in [-0.3, -0.25) is 4.90 Å². The molecule has 2 rings (SSSR count). The third kappa shape index (κ3) is 3.21. The Morgan fingerprint density at radius 2 is 1.78 bits per heavy atom. The molecule has 0 aromatic heterocycles. The van der Waals surface area contributed by atoms with Crippen molar-refractivity contribution in [2.24, 2.45) is 11.8 Å². The quantitative estimate of drug-likeness (QED) is 0.826. The summed E-state index contributed by atoms with van der Waals surface area (Å²) in [7, 11) is 0. The highest BCUT2D eigenvalue weighted by molar-refractivity contribution is 4.91. The SMILES string of the molecule is CC(C)C1CCC(O)CC1N1CCC(F)(F)CC1. The van der Waals surface area contributed by atoms with Crippen LogP contribution in [0.1, 0.15) is 46.0 Å². The van der Waals surface area contributed by atoms with Gasteiger partial charge in [0.1, 0.15) is 0 Å². The number of hydrogen-bond donors (Lipinski definition) is 1. The molecule has 3 atom stereocenters. The minimum absolute atomic E-state index is 0.0234. The summed E-state index contributed by atoms with van der Waals surface area (Å²) >= 11 is 0. The van der Waals surface area contributed by atoms with Crippen LogP contribution in [-0.4, -0.2) is 41.2 Å². The highest BCUT2D eigenvalue weighted by Crippen LogP contribution is 2.37. The van der Waals surface area contributed by atoms with E-state index < -0.39 is 5.92 Å². The van der Waals surface area contributed by atoms with Crippen LogP contribution in [0.2, 0.25) is 0 Å². The van der Waals surface area contributed by atoms with Crippen molar-refractivity contribution in [3.8, 4) is 0 Å². The fourth-order valence-corrected chi connectivity index (χ4v) is 3.53. The maximum atomic E-state index is 13.2. The van der Waals surface area contributed by atoms with Crippen LogP contribution in [0, 0.1) is 11.8 Å². The molecule has 1 heterocycles. The van der Waals surface area contributed by atoms with Gasteiger partial charge in [0.15, 0.2) is 0 Å². The molecule has 0 aromatic rings. The van der Waals surface area contributed by atoms with E-state index in [-0.39, 0.29) is 18.9 Å². The molecule has 3 unspecified atom stereocenters. The fourth-order valence-electron chi connectivity index (χ4n) is 3.53. The summed E-state index contributed by atoms with van der Waals surface area (Å²) in [6.45, 7) is 5.36. The van der Waals surface area contributed by atoms with E-state index in [1.54, 1.807) is 0 Å². The number of alkyl halides is 2. The molecule has 0 amide bonds. The molecule has 0 aromatic carbocycles. The number of aliphatic hydroxyl groups is 1. The van der Waals surface area contributed by atoms with Crippen molar-refractivity contribution >= 4 is 0 Å². The Morgan fingerprint density at radius 3 is 2.33 bits per heavy atom. The van der Waals surface area contributed by atoms with Crippen molar-refractivity contribution in [2.75, 3.05) is 13.1 Å². The van der Waals surface area contributed by atoms with Gasteiger partial charge in [-0.25, -0.2) is 8.78 Å². The standard InChI is InChI=1S/C14H25F2NO/c1-10(2)12-4-3-11(18)9-13(12)17-7-5-14(15,16)6-8-17/h10-13,18H,3-9H2,1-2H3. The Kier molecular flexibility index (Phi) is 4.27. The molecule has 106 valence electrons. The van der Waals surface area contributed by atoms with E-state index in [1.807, 2.05) is 0 Å². The lowest BCUT2D eigenvalue weighted by Gasteiger charge is -2.45. The summed E-state index contributed by atoms with van der Waals surface area (Å²) in [5.74, 6) is -1.37. The van der Waals surface area contributed by atoms with Gasteiger partial charge < -0.3 is 5.11 Å². The van der Waals surface area contributed by atoms with Gasteiger partial charge in [0.2, 0.25) is 0 Å². The van der Waals surface area contributed by atoms with Gasteiger partial charge in [-0.05, 0) is 31.1 Å². The Morgan fingerprint density at radius 1 is 1.17 bits per heavy atom. The zero-order chi connectivity index (χ0) is 13.3. The molecule has 2 aliphatic rings. The highest BCUT2D eigenvalue weighted by atomic mass is 19.3.